The predicted octanol–water partition coefficient (Wildman–Crippen LogP) is 1.57. The van der Waals surface area contributed by atoms with Crippen LogP contribution in [0.4, 0.5) is 5.69 Å². The zero-order valence-corrected chi connectivity index (χ0v) is 12.4. The minimum Gasteiger partial charge on any atom is -0.493 e. The predicted molar refractivity (Wildman–Crippen MR) is 74.2 cm³/mol. The molecule has 0 heterocycles. The first-order valence-electron chi connectivity index (χ1n) is 5.43. The number of benzene rings is 1. The molecular formula is C11H14ClNO6S. The van der Waals surface area contributed by atoms with Crippen LogP contribution >= 0.6 is 11.6 Å². The highest BCUT2D eigenvalue weighted by Gasteiger charge is 2.17. The Morgan fingerprint density at radius 3 is 2.35 bits per heavy atom. The van der Waals surface area contributed by atoms with Crippen LogP contribution in [0.5, 0.6) is 11.5 Å². The molecule has 0 atom stereocenters. The van der Waals surface area contributed by atoms with Crippen molar-refractivity contribution in [3.63, 3.8) is 0 Å². The molecule has 0 saturated heterocycles. The van der Waals surface area contributed by atoms with E-state index in [-0.39, 0.29) is 10.7 Å². The van der Waals surface area contributed by atoms with E-state index in [1.807, 2.05) is 0 Å². The maximum Gasteiger partial charge on any atom is 0.304 e. The molecule has 0 spiro atoms. The van der Waals surface area contributed by atoms with Crippen LogP contribution in [0.2, 0.25) is 5.02 Å². The summed E-state index contributed by atoms with van der Waals surface area (Å²) in [6.45, 7) is 0. The average Bonchev–Trinajstić information content (AvgIpc) is 2.38. The average molecular weight is 324 g/mol. The van der Waals surface area contributed by atoms with Crippen LogP contribution in [0.25, 0.3) is 0 Å². The van der Waals surface area contributed by atoms with E-state index in [2.05, 4.69) is 4.72 Å². The fourth-order valence-electron chi connectivity index (χ4n) is 1.37. The lowest BCUT2D eigenvalue weighted by Gasteiger charge is -2.13. The molecule has 1 rings (SSSR count). The smallest absolute Gasteiger partial charge is 0.304 e. The summed E-state index contributed by atoms with van der Waals surface area (Å²) in [5, 5.41) is 8.61. The van der Waals surface area contributed by atoms with E-state index < -0.39 is 28.2 Å². The van der Waals surface area contributed by atoms with Crippen LogP contribution in [0.15, 0.2) is 12.1 Å². The number of carboxylic acids is 1. The Kier molecular flexibility index (Phi) is 5.46. The van der Waals surface area contributed by atoms with E-state index in [1.54, 1.807) is 0 Å². The molecule has 7 nitrogen and oxygen atoms in total. The molecule has 0 saturated carbocycles. The number of rotatable bonds is 7. The van der Waals surface area contributed by atoms with E-state index in [9.17, 15) is 13.2 Å². The number of hydrogen-bond acceptors (Lipinski definition) is 5. The van der Waals surface area contributed by atoms with Gasteiger partial charge in [0.1, 0.15) is 0 Å². The molecule has 0 aromatic heterocycles. The minimum atomic E-state index is -3.81. The Balaban J connectivity index is 3.00. The van der Waals surface area contributed by atoms with E-state index in [4.69, 9.17) is 26.2 Å². The lowest BCUT2D eigenvalue weighted by Crippen LogP contribution is -2.19. The van der Waals surface area contributed by atoms with Crippen LogP contribution in [0, 0.1) is 0 Å². The molecule has 0 aliphatic carbocycles. The molecule has 1 aromatic carbocycles. The zero-order chi connectivity index (χ0) is 15.3. The van der Waals surface area contributed by atoms with Gasteiger partial charge in [-0.2, -0.15) is 0 Å². The number of aliphatic carboxylic acids is 1. The number of methoxy groups -OCH3 is 2. The molecule has 9 heteroatoms. The second-order valence-electron chi connectivity index (χ2n) is 3.75. The lowest BCUT2D eigenvalue weighted by molar-refractivity contribution is -0.136. The fourth-order valence-corrected chi connectivity index (χ4v) is 2.68. The third-order valence-electron chi connectivity index (χ3n) is 2.32. The maximum atomic E-state index is 11.7. The van der Waals surface area contributed by atoms with Crippen LogP contribution < -0.4 is 14.2 Å². The van der Waals surface area contributed by atoms with Gasteiger partial charge in [-0.25, -0.2) is 8.42 Å². The molecule has 0 bridgehead atoms. The number of hydrogen-bond donors (Lipinski definition) is 2. The van der Waals surface area contributed by atoms with E-state index >= 15 is 0 Å². The number of ether oxygens (including phenoxy) is 2. The highest BCUT2D eigenvalue weighted by molar-refractivity contribution is 7.92. The quantitative estimate of drug-likeness (QED) is 0.789. The minimum absolute atomic E-state index is 0.0923. The molecule has 1 aromatic rings. The summed E-state index contributed by atoms with van der Waals surface area (Å²) >= 11 is 5.93. The molecule has 2 N–H and O–H groups in total. The first-order chi connectivity index (χ1) is 9.29. The summed E-state index contributed by atoms with van der Waals surface area (Å²) in [6, 6.07) is 2.76. The van der Waals surface area contributed by atoms with Gasteiger partial charge in [-0.1, -0.05) is 11.6 Å². The number of halogens is 1. The maximum absolute atomic E-state index is 11.7. The summed E-state index contributed by atoms with van der Waals surface area (Å²) in [5.74, 6) is -1.10. The Morgan fingerprint density at radius 2 is 1.85 bits per heavy atom. The molecule has 20 heavy (non-hydrogen) atoms. The van der Waals surface area contributed by atoms with Gasteiger partial charge in [0.2, 0.25) is 10.0 Å². The van der Waals surface area contributed by atoms with Crippen molar-refractivity contribution in [3.8, 4) is 11.5 Å². The normalized spacial score (nSPS) is 10.9. The summed E-state index contributed by atoms with van der Waals surface area (Å²) in [6.07, 6.45) is -0.500. The van der Waals surface area contributed by atoms with Crippen molar-refractivity contribution in [2.75, 3.05) is 24.7 Å². The standard InChI is InChI=1S/C11H14ClNO6S/c1-18-9-5-7(12)8(6-10(9)19-2)13-20(16,17)4-3-11(14)15/h5-6,13H,3-4H2,1-2H3,(H,14,15). The first kappa shape index (κ1) is 16.4. The van der Waals surface area contributed by atoms with Crippen molar-refractivity contribution in [1.82, 2.24) is 0 Å². The fraction of sp³-hybridized carbons (Fsp3) is 0.364. The van der Waals surface area contributed by atoms with Crippen molar-refractivity contribution in [3.05, 3.63) is 17.2 Å². The van der Waals surface area contributed by atoms with Gasteiger partial charge in [0.05, 0.1) is 37.1 Å². The van der Waals surface area contributed by atoms with Gasteiger partial charge in [-0.15, -0.1) is 0 Å². The van der Waals surface area contributed by atoms with E-state index in [0.717, 1.165) is 0 Å². The molecular weight excluding hydrogens is 310 g/mol. The van der Waals surface area contributed by atoms with Gasteiger partial charge in [-0.05, 0) is 0 Å². The lowest BCUT2D eigenvalue weighted by atomic mass is 10.3. The third-order valence-corrected chi connectivity index (χ3v) is 3.91. The third kappa shape index (κ3) is 4.46. The van der Waals surface area contributed by atoms with Gasteiger partial charge in [0.25, 0.3) is 0 Å². The molecule has 0 fully saturated rings. The van der Waals surface area contributed by atoms with Crippen molar-refractivity contribution in [1.29, 1.82) is 0 Å². The SMILES string of the molecule is COc1cc(Cl)c(NS(=O)(=O)CCC(=O)O)cc1OC. The molecule has 0 unspecified atom stereocenters. The van der Waals surface area contributed by atoms with E-state index in [0.29, 0.717) is 11.5 Å². The summed E-state index contributed by atoms with van der Waals surface area (Å²) < 4.78 is 35.7. The first-order valence-corrected chi connectivity index (χ1v) is 7.46. The van der Waals surface area contributed by atoms with Gasteiger partial charge >= 0.3 is 5.97 Å². The second-order valence-corrected chi connectivity index (χ2v) is 6.00. The topological polar surface area (TPSA) is 102 Å². The number of anilines is 1. The van der Waals surface area contributed by atoms with Crippen molar-refractivity contribution >= 4 is 33.3 Å². The van der Waals surface area contributed by atoms with Crippen LogP contribution in [0.1, 0.15) is 6.42 Å². The largest absolute Gasteiger partial charge is 0.493 e. The summed E-state index contributed by atoms with van der Waals surface area (Å²) in [7, 11) is -0.990. The zero-order valence-electron chi connectivity index (χ0n) is 10.8. The molecule has 0 aliphatic rings. The van der Waals surface area contributed by atoms with Crippen LogP contribution in [-0.2, 0) is 14.8 Å². The van der Waals surface area contributed by atoms with Crippen molar-refractivity contribution in [2.24, 2.45) is 0 Å². The summed E-state index contributed by atoms with van der Waals surface area (Å²) in [5.41, 5.74) is 0.0923. The van der Waals surface area contributed by atoms with E-state index in [1.165, 1.54) is 26.4 Å². The second kappa shape index (κ2) is 6.67. The number of carboxylic acid groups (broad SMARTS) is 1. The molecule has 0 radical (unpaired) electrons. The Labute approximate surface area is 121 Å². The van der Waals surface area contributed by atoms with Gasteiger partial charge in [0, 0.05) is 12.1 Å². The number of nitrogens with one attached hydrogen (secondary N) is 1. The molecule has 0 amide bonds. The number of sulfonamides is 1. The van der Waals surface area contributed by atoms with Gasteiger partial charge in [-0.3, -0.25) is 9.52 Å². The Morgan fingerprint density at radius 1 is 1.30 bits per heavy atom. The highest BCUT2D eigenvalue weighted by atomic mass is 35.5. The monoisotopic (exact) mass is 323 g/mol. The summed E-state index contributed by atoms with van der Waals surface area (Å²) in [4.78, 5) is 10.4. The van der Waals surface area contributed by atoms with Gasteiger partial charge < -0.3 is 14.6 Å². The van der Waals surface area contributed by atoms with Crippen LogP contribution in [-0.4, -0.2) is 39.5 Å². The Hall–Kier alpha value is -1.67. The van der Waals surface area contributed by atoms with Crippen molar-refractivity contribution < 1.29 is 27.8 Å². The number of carbonyl (C=O) groups is 1. The molecule has 112 valence electrons. The highest BCUT2D eigenvalue weighted by Crippen LogP contribution is 2.36. The van der Waals surface area contributed by atoms with Crippen molar-refractivity contribution in [2.45, 2.75) is 6.42 Å². The van der Waals surface area contributed by atoms with Crippen LogP contribution in [0.3, 0.4) is 0 Å². The van der Waals surface area contributed by atoms with Gasteiger partial charge in [0.15, 0.2) is 11.5 Å². The molecule has 0 aliphatic heterocycles. The Bertz CT molecular complexity index is 601.